The van der Waals surface area contributed by atoms with Gasteiger partial charge in [0.15, 0.2) is 5.96 Å². The van der Waals surface area contributed by atoms with Crippen LogP contribution in [0.15, 0.2) is 52.4 Å². The molecule has 0 bridgehead atoms. The molecule has 0 saturated heterocycles. The Hall–Kier alpha value is -3.61. The number of aromatic nitrogens is 3. The highest BCUT2D eigenvalue weighted by Crippen LogP contribution is 2.30. The quantitative estimate of drug-likeness (QED) is 0.150. The summed E-state index contributed by atoms with van der Waals surface area (Å²) in [7, 11) is 3.06. The number of benzene rings is 1. The monoisotopic (exact) mass is 582 g/mol. The molecule has 41 heavy (non-hydrogen) atoms. The summed E-state index contributed by atoms with van der Waals surface area (Å²) >= 11 is 1.79. The molecule has 0 unspecified atom stereocenters. The first-order valence-corrected chi connectivity index (χ1v) is 14.8. The number of carbonyl (C=O) groups is 1. The molecular weight excluding hydrogens is 540 g/mol. The average molecular weight is 583 g/mol. The maximum Gasteiger partial charge on any atom is 0.263 e. The molecule has 2 heterocycles. The largest absolute Gasteiger partial charge is 0.383 e. The summed E-state index contributed by atoms with van der Waals surface area (Å²) in [6, 6.07) is 11.3. The molecule has 3 rings (SSSR count). The van der Waals surface area contributed by atoms with Gasteiger partial charge < -0.3 is 25.7 Å². The SMILES string of the molecule is CCSN(CC)C[C@H](CC)N=C(N)Nc1c(C)c(-c2cc(C(=O)NC)c(=O)n(CCOC)c2)nn1-c1ccccc1. The highest BCUT2D eigenvalue weighted by molar-refractivity contribution is 7.96. The van der Waals surface area contributed by atoms with E-state index >= 15 is 0 Å². The van der Waals surface area contributed by atoms with Crippen molar-refractivity contribution in [1.82, 2.24) is 24.0 Å². The van der Waals surface area contributed by atoms with Gasteiger partial charge in [0.1, 0.15) is 11.4 Å². The van der Waals surface area contributed by atoms with E-state index in [1.54, 1.807) is 36.0 Å². The number of hydrogen-bond donors (Lipinski definition) is 3. The fourth-order valence-corrected chi connectivity index (χ4v) is 5.22. The second-order valence-corrected chi connectivity index (χ2v) is 10.7. The van der Waals surface area contributed by atoms with Gasteiger partial charge in [0, 0.05) is 56.9 Å². The van der Waals surface area contributed by atoms with Gasteiger partial charge in [-0.05, 0) is 31.5 Å². The van der Waals surface area contributed by atoms with Crippen LogP contribution in [0.5, 0.6) is 0 Å². The van der Waals surface area contributed by atoms with Gasteiger partial charge >= 0.3 is 0 Å². The molecule has 0 aliphatic heterocycles. The topological polar surface area (TPSA) is 132 Å². The van der Waals surface area contributed by atoms with E-state index in [2.05, 4.69) is 35.7 Å². The van der Waals surface area contributed by atoms with Gasteiger partial charge in [0.2, 0.25) is 0 Å². The third-order valence-electron chi connectivity index (χ3n) is 6.61. The molecule has 0 aliphatic rings. The third kappa shape index (κ3) is 7.99. The minimum atomic E-state index is -0.467. The molecular formula is C29H42N8O3S. The Balaban J connectivity index is 2.11. The molecule has 11 nitrogen and oxygen atoms in total. The Morgan fingerprint density at radius 3 is 2.59 bits per heavy atom. The zero-order valence-electron chi connectivity index (χ0n) is 24.8. The first-order chi connectivity index (χ1) is 19.8. The number of anilines is 1. The Bertz CT molecular complexity index is 1390. The number of nitrogens with one attached hydrogen (secondary N) is 2. The molecule has 0 radical (unpaired) electrons. The molecule has 1 atom stereocenters. The van der Waals surface area contributed by atoms with Crippen molar-refractivity contribution in [3.05, 3.63) is 64.1 Å². The van der Waals surface area contributed by atoms with E-state index in [0.29, 0.717) is 30.2 Å². The predicted octanol–water partition coefficient (Wildman–Crippen LogP) is 3.51. The van der Waals surface area contributed by atoms with Crippen LogP contribution in [-0.2, 0) is 11.3 Å². The van der Waals surface area contributed by atoms with Crippen molar-refractivity contribution in [2.75, 3.05) is 44.9 Å². The van der Waals surface area contributed by atoms with Gasteiger partial charge in [-0.25, -0.2) is 14.0 Å². The van der Waals surface area contributed by atoms with Crippen LogP contribution >= 0.6 is 11.9 Å². The number of rotatable bonds is 14. The van der Waals surface area contributed by atoms with Crippen molar-refractivity contribution >= 4 is 29.6 Å². The normalized spacial score (nSPS) is 12.5. The van der Waals surface area contributed by atoms with Crippen LogP contribution in [0.4, 0.5) is 5.82 Å². The number of para-hydroxylation sites is 1. The Labute approximate surface area is 246 Å². The van der Waals surface area contributed by atoms with Gasteiger partial charge in [0.25, 0.3) is 11.5 Å². The summed E-state index contributed by atoms with van der Waals surface area (Å²) in [5.41, 5.74) is 8.94. The standard InChI is InChI=1S/C29H42N8O3S/c1-7-22(19-36(8-2)41-9-3)32-29(30)33-26-20(4)25(34-37(26)23-13-11-10-12-14-23)21-17-24(27(38)31-5)28(39)35(18-21)15-16-40-6/h10-14,17-18,22H,7-9,15-16,19H2,1-6H3,(H,31,38)(H3,30,32,33)/t22-/m0/s1. The molecule has 12 heteroatoms. The van der Waals surface area contributed by atoms with E-state index < -0.39 is 11.5 Å². The van der Waals surface area contributed by atoms with Crippen LogP contribution in [0.25, 0.3) is 16.9 Å². The molecule has 3 aromatic rings. The first-order valence-electron chi connectivity index (χ1n) is 13.9. The van der Waals surface area contributed by atoms with Crippen molar-refractivity contribution < 1.29 is 9.53 Å². The van der Waals surface area contributed by atoms with Gasteiger partial charge in [-0.15, -0.1) is 0 Å². The summed E-state index contributed by atoms with van der Waals surface area (Å²) in [6.45, 7) is 10.6. The van der Waals surface area contributed by atoms with Crippen LogP contribution < -0.4 is 21.9 Å². The lowest BCUT2D eigenvalue weighted by Gasteiger charge is -2.22. The molecule has 1 amide bonds. The van der Waals surface area contributed by atoms with Crippen molar-refractivity contribution in [2.45, 2.75) is 46.7 Å². The van der Waals surface area contributed by atoms with Gasteiger partial charge in [0.05, 0.1) is 24.0 Å². The number of aliphatic imine (C=N–C) groups is 1. The van der Waals surface area contributed by atoms with E-state index in [1.165, 1.54) is 11.6 Å². The average Bonchev–Trinajstić information content (AvgIpc) is 3.31. The maximum absolute atomic E-state index is 13.0. The van der Waals surface area contributed by atoms with Crippen LogP contribution in [0, 0.1) is 6.92 Å². The number of methoxy groups -OCH3 is 1. The number of nitrogens with zero attached hydrogens (tertiary/aromatic N) is 5. The smallest absolute Gasteiger partial charge is 0.263 e. The molecule has 222 valence electrons. The second kappa shape index (κ2) is 15.4. The van der Waals surface area contributed by atoms with Gasteiger partial charge in [-0.2, -0.15) is 5.10 Å². The number of hydrogen-bond acceptors (Lipinski definition) is 7. The van der Waals surface area contributed by atoms with Crippen LogP contribution in [0.3, 0.4) is 0 Å². The maximum atomic E-state index is 13.0. The molecule has 0 spiro atoms. The summed E-state index contributed by atoms with van der Waals surface area (Å²) in [4.78, 5) is 30.4. The molecule has 0 aliphatic carbocycles. The number of pyridine rings is 1. The zero-order chi connectivity index (χ0) is 29.9. The van der Waals surface area contributed by atoms with Crippen molar-refractivity contribution in [3.8, 4) is 16.9 Å². The fraction of sp³-hybridized carbons (Fsp3) is 0.448. The molecule has 0 fully saturated rings. The van der Waals surface area contributed by atoms with Crippen LogP contribution in [-0.4, -0.2) is 76.2 Å². The highest BCUT2D eigenvalue weighted by Gasteiger charge is 2.22. The number of amides is 1. The number of guanidine groups is 1. The Morgan fingerprint density at radius 1 is 1.24 bits per heavy atom. The molecule has 0 saturated carbocycles. The Kier molecular flexibility index (Phi) is 12.0. The van der Waals surface area contributed by atoms with E-state index in [-0.39, 0.29) is 17.6 Å². The molecule has 2 aromatic heterocycles. The number of likely N-dealkylation sites (N-methyl/N-ethyl adjacent to an activating group) is 1. The fourth-order valence-electron chi connectivity index (χ4n) is 4.39. The minimum absolute atomic E-state index is 0.0221. The lowest BCUT2D eigenvalue weighted by Crippen LogP contribution is -2.32. The van der Waals surface area contributed by atoms with Crippen LogP contribution in [0.1, 0.15) is 43.1 Å². The molecule has 1 aromatic carbocycles. The molecule has 4 N–H and O–H groups in total. The van der Waals surface area contributed by atoms with Crippen molar-refractivity contribution in [1.29, 1.82) is 0 Å². The van der Waals surface area contributed by atoms with E-state index in [9.17, 15) is 9.59 Å². The number of nitrogens with two attached hydrogens (primary N) is 1. The van der Waals surface area contributed by atoms with Crippen LogP contribution in [0.2, 0.25) is 0 Å². The third-order valence-corrected chi connectivity index (χ3v) is 7.64. The summed E-state index contributed by atoms with van der Waals surface area (Å²) in [5.74, 6) is 1.47. The predicted molar refractivity (Wildman–Crippen MR) is 168 cm³/mol. The highest BCUT2D eigenvalue weighted by atomic mass is 32.2. The lowest BCUT2D eigenvalue weighted by atomic mass is 10.1. The minimum Gasteiger partial charge on any atom is -0.383 e. The van der Waals surface area contributed by atoms with Crippen molar-refractivity contribution in [2.24, 2.45) is 10.7 Å². The van der Waals surface area contributed by atoms with E-state index in [4.69, 9.17) is 20.6 Å². The Morgan fingerprint density at radius 2 is 1.98 bits per heavy atom. The van der Waals surface area contributed by atoms with Gasteiger partial charge in [-0.3, -0.25) is 9.59 Å². The zero-order valence-corrected chi connectivity index (χ0v) is 25.6. The first kappa shape index (κ1) is 31.9. The lowest BCUT2D eigenvalue weighted by molar-refractivity contribution is 0.0960. The summed E-state index contributed by atoms with van der Waals surface area (Å²) < 4.78 is 10.7. The summed E-state index contributed by atoms with van der Waals surface area (Å²) in [5, 5.41) is 10.8. The van der Waals surface area contributed by atoms with E-state index in [1.807, 2.05) is 37.3 Å². The second-order valence-electron chi connectivity index (χ2n) is 9.38. The number of carbonyl (C=O) groups excluding carboxylic acids is 1. The van der Waals surface area contributed by atoms with Gasteiger partial charge in [-0.1, -0.05) is 50.9 Å². The summed E-state index contributed by atoms with van der Waals surface area (Å²) in [6.07, 6.45) is 2.55. The van der Waals surface area contributed by atoms with E-state index in [0.717, 1.165) is 36.5 Å². The van der Waals surface area contributed by atoms with Crippen molar-refractivity contribution in [3.63, 3.8) is 0 Å². The number of ether oxygens (including phenoxy) is 1.